The van der Waals surface area contributed by atoms with Gasteiger partial charge in [-0.2, -0.15) is 9.97 Å². The number of carbonyl (C=O) groups excluding carboxylic acids is 1. The van der Waals surface area contributed by atoms with Gasteiger partial charge in [-0.15, -0.1) is 0 Å². The number of benzene rings is 2. The van der Waals surface area contributed by atoms with Crippen molar-refractivity contribution in [1.82, 2.24) is 19.9 Å². The second kappa shape index (κ2) is 7.93. The fraction of sp³-hybridized carbons (Fsp3) is 0.100. The summed E-state index contributed by atoms with van der Waals surface area (Å²) in [4.78, 5) is 27.8. The zero-order valence-corrected chi connectivity index (χ0v) is 16.1. The molecule has 0 unspecified atom stereocenters. The van der Waals surface area contributed by atoms with Crippen molar-refractivity contribution in [3.63, 3.8) is 0 Å². The summed E-state index contributed by atoms with van der Waals surface area (Å²) in [7, 11) is -1.64. The molecule has 4 aromatic rings. The first-order valence-corrected chi connectivity index (χ1v) is 9.25. The summed E-state index contributed by atoms with van der Waals surface area (Å²) >= 11 is 0. The minimum atomic E-state index is -1.64. The van der Waals surface area contributed by atoms with E-state index in [0.717, 1.165) is 5.56 Å². The van der Waals surface area contributed by atoms with Crippen molar-refractivity contribution in [2.75, 3.05) is 5.32 Å². The predicted molar refractivity (Wildman–Crippen MR) is 114 cm³/mol. The Morgan fingerprint density at radius 2 is 1.87 bits per heavy atom. The number of hydrogen-bond acceptors (Lipinski definition) is 7. The number of nitrogens with zero attached hydrogens (tertiary/aromatic N) is 3. The zero-order valence-electron chi connectivity index (χ0n) is 16.1. The average Bonchev–Trinajstić information content (AvgIpc) is 3.08. The Labute approximate surface area is 172 Å². The van der Waals surface area contributed by atoms with Crippen LogP contribution in [-0.2, 0) is 6.54 Å². The van der Waals surface area contributed by atoms with E-state index in [0.29, 0.717) is 34.2 Å². The van der Waals surface area contributed by atoms with E-state index in [2.05, 4.69) is 25.3 Å². The van der Waals surface area contributed by atoms with E-state index in [-0.39, 0.29) is 17.6 Å². The highest BCUT2D eigenvalue weighted by Gasteiger charge is 2.22. The van der Waals surface area contributed by atoms with Crippen LogP contribution in [0.2, 0.25) is 0 Å². The Kier molecular flexibility index (Phi) is 5.17. The van der Waals surface area contributed by atoms with Crippen molar-refractivity contribution in [1.29, 1.82) is 0 Å². The van der Waals surface area contributed by atoms with Crippen molar-refractivity contribution < 1.29 is 14.8 Å². The molecule has 0 aliphatic heterocycles. The van der Waals surface area contributed by atoms with Crippen LogP contribution in [0.15, 0.2) is 48.5 Å². The lowest BCUT2D eigenvalue weighted by molar-refractivity contribution is 0.0990. The number of anilines is 1. The number of aryl methyl sites for hydroxylation is 1. The van der Waals surface area contributed by atoms with E-state index in [1.165, 1.54) is 0 Å². The van der Waals surface area contributed by atoms with E-state index in [1.807, 2.05) is 43.3 Å². The molecule has 0 fully saturated rings. The van der Waals surface area contributed by atoms with Crippen molar-refractivity contribution in [2.24, 2.45) is 5.73 Å². The molecule has 10 heteroatoms. The van der Waals surface area contributed by atoms with Gasteiger partial charge in [-0.25, -0.2) is 4.98 Å². The number of para-hydroxylation sites is 1. The van der Waals surface area contributed by atoms with Crippen molar-refractivity contribution in [3.8, 4) is 11.4 Å². The fourth-order valence-corrected chi connectivity index (χ4v) is 3.33. The van der Waals surface area contributed by atoms with Crippen molar-refractivity contribution >= 4 is 35.3 Å². The number of hydrogen-bond donors (Lipinski definition) is 5. The molecule has 0 aliphatic carbocycles. The molecular weight excluding hydrogens is 383 g/mol. The van der Waals surface area contributed by atoms with Crippen LogP contribution in [0.1, 0.15) is 21.9 Å². The van der Waals surface area contributed by atoms with Gasteiger partial charge in [0.1, 0.15) is 0 Å². The van der Waals surface area contributed by atoms with E-state index < -0.39 is 13.0 Å². The third kappa shape index (κ3) is 3.73. The number of amides is 1. The first kappa shape index (κ1) is 19.6. The van der Waals surface area contributed by atoms with Gasteiger partial charge in [-0.05, 0) is 12.5 Å². The summed E-state index contributed by atoms with van der Waals surface area (Å²) in [6.45, 7) is 2.27. The molecule has 2 heterocycles. The van der Waals surface area contributed by atoms with Gasteiger partial charge in [0.15, 0.2) is 5.82 Å². The van der Waals surface area contributed by atoms with Gasteiger partial charge in [0.25, 0.3) is 5.91 Å². The standard InChI is InChI=1S/C20H19BN6O3/c1-11-15(13-8-5-9-14(21(29)30)16(13)24-11)18-25-19(17(22)28)27-20(26-18)23-10-12-6-3-2-4-7-12/h2-9,24,29-30H,10H2,1H3,(H2,22,28)(H,23,25,26,27). The monoisotopic (exact) mass is 402 g/mol. The van der Waals surface area contributed by atoms with Crippen LogP contribution in [0, 0.1) is 6.92 Å². The highest BCUT2D eigenvalue weighted by atomic mass is 16.4. The molecule has 4 rings (SSSR count). The molecule has 0 atom stereocenters. The van der Waals surface area contributed by atoms with Crippen LogP contribution in [0.4, 0.5) is 5.95 Å². The molecule has 0 saturated heterocycles. The van der Waals surface area contributed by atoms with Crippen molar-refractivity contribution in [2.45, 2.75) is 13.5 Å². The summed E-state index contributed by atoms with van der Waals surface area (Å²) in [5.74, 6) is -0.472. The van der Waals surface area contributed by atoms with Gasteiger partial charge in [-0.1, -0.05) is 48.5 Å². The van der Waals surface area contributed by atoms with E-state index in [1.54, 1.807) is 12.1 Å². The zero-order chi connectivity index (χ0) is 21.3. The highest BCUT2D eigenvalue weighted by Crippen LogP contribution is 2.29. The summed E-state index contributed by atoms with van der Waals surface area (Å²) in [5.41, 5.74) is 8.66. The number of rotatable bonds is 6. The Balaban J connectivity index is 1.80. The Hall–Kier alpha value is -3.76. The lowest BCUT2D eigenvalue weighted by Gasteiger charge is -2.08. The maximum Gasteiger partial charge on any atom is 0.490 e. The molecule has 0 spiro atoms. The van der Waals surface area contributed by atoms with Gasteiger partial charge in [-0.3, -0.25) is 4.79 Å². The Bertz CT molecular complexity index is 1230. The molecule has 0 bridgehead atoms. The first-order valence-electron chi connectivity index (χ1n) is 9.25. The Morgan fingerprint density at radius 1 is 1.10 bits per heavy atom. The molecular formula is C20H19BN6O3. The van der Waals surface area contributed by atoms with Crippen LogP contribution in [0.3, 0.4) is 0 Å². The fourth-order valence-electron chi connectivity index (χ4n) is 3.33. The van der Waals surface area contributed by atoms with Gasteiger partial charge in [0.2, 0.25) is 11.8 Å². The molecule has 2 aromatic carbocycles. The number of fused-ring (bicyclic) bond motifs is 1. The van der Waals surface area contributed by atoms with Crippen LogP contribution >= 0.6 is 0 Å². The lowest BCUT2D eigenvalue weighted by Crippen LogP contribution is -2.30. The number of nitrogens with two attached hydrogens (primary N) is 1. The summed E-state index contributed by atoms with van der Waals surface area (Å²) in [5, 5.41) is 23.1. The average molecular weight is 402 g/mol. The number of carbonyl (C=O) groups is 1. The molecule has 1 amide bonds. The maximum atomic E-state index is 11.8. The minimum absolute atomic E-state index is 0.164. The van der Waals surface area contributed by atoms with E-state index in [9.17, 15) is 14.8 Å². The topological polar surface area (TPSA) is 150 Å². The second-order valence-corrected chi connectivity index (χ2v) is 6.78. The molecule has 0 saturated carbocycles. The quantitative estimate of drug-likeness (QED) is 0.298. The lowest BCUT2D eigenvalue weighted by atomic mass is 9.79. The number of nitrogens with one attached hydrogen (secondary N) is 2. The van der Waals surface area contributed by atoms with Crippen LogP contribution in [0.25, 0.3) is 22.3 Å². The maximum absolute atomic E-state index is 11.8. The molecule has 0 radical (unpaired) electrons. The normalized spacial score (nSPS) is 10.9. The third-order valence-corrected chi connectivity index (χ3v) is 4.70. The highest BCUT2D eigenvalue weighted by molar-refractivity contribution is 6.61. The number of aromatic nitrogens is 4. The summed E-state index contributed by atoms with van der Waals surface area (Å²) < 4.78 is 0. The number of aromatic amines is 1. The summed E-state index contributed by atoms with van der Waals surface area (Å²) in [6, 6.07) is 14.8. The molecule has 9 nitrogen and oxygen atoms in total. The Morgan fingerprint density at radius 3 is 2.57 bits per heavy atom. The van der Waals surface area contributed by atoms with Crippen LogP contribution in [0.5, 0.6) is 0 Å². The molecule has 150 valence electrons. The molecule has 30 heavy (non-hydrogen) atoms. The second-order valence-electron chi connectivity index (χ2n) is 6.78. The smallest absolute Gasteiger partial charge is 0.423 e. The predicted octanol–water partition coefficient (Wildman–Crippen LogP) is 0.719. The number of H-pyrrole nitrogens is 1. The molecule has 0 aliphatic rings. The van der Waals surface area contributed by atoms with E-state index >= 15 is 0 Å². The van der Waals surface area contributed by atoms with Gasteiger partial charge >= 0.3 is 7.12 Å². The largest absolute Gasteiger partial charge is 0.490 e. The van der Waals surface area contributed by atoms with Gasteiger partial charge in [0.05, 0.1) is 0 Å². The van der Waals surface area contributed by atoms with Crippen molar-refractivity contribution in [3.05, 3.63) is 65.6 Å². The van der Waals surface area contributed by atoms with Crippen LogP contribution < -0.4 is 16.5 Å². The first-order chi connectivity index (χ1) is 14.4. The minimum Gasteiger partial charge on any atom is -0.423 e. The third-order valence-electron chi connectivity index (χ3n) is 4.70. The van der Waals surface area contributed by atoms with Gasteiger partial charge in [0, 0.05) is 34.2 Å². The molecule has 6 N–H and O–H groups in total. The summed E-state index contributed by atoms with van der Waals surface area (Å²) in [6.07, 6.45) is 0. The van der Waals surface area contributed by atoms with E-state index in [4.69, 9.17) is 5.73 Å². The van der Waals surface area contributed by atoms with Crippen LogP contribution in [-0.4, -0.2) is 43.0 Å². The number of primary amides is 1. The van der Waals surface area contributed by atoms with Gasteiger partial charge < -0.3 is 26.1 Å². The SMILES string of the molecule is Cc1[nH]c2c(B(O)O)cccc2c1-c1nc(NCc2ccccc2)nc(C(N)=O)n1. The molecule has 2 aromatic heterocycles.